The third-order valence-electron chi connectivity index (χ3n) is 4.48. The lowest BCUT2D eigenvalue weighted by Gasteiger charge is -2.30. The molecule has 0 heteroatoms. The molecule has 0 spiro atoms. The van der Waals surface area contributed by atoms with Crippen molar-refractivity contribution in [1.82, 2.24) is 0 Å². The third-order valence-corrected chi connectivity index (χ3v) is 4.48. The Hall–Kier alpha value is -0.780. The van der Waals surface area contributed by atoms with Gasteiger partial charge in [-0.3, -0.25) is 0 Å². The minimum Gasteiger partial charge on any atom is -0.0622 e. The maximum absolute atomic E-state index is 2.35. The average molecular weight is 186 g/mol. The minimum absolute atomic E-state index is 0.598. The smallest absolute Gasteiger partial charge is 0.00187 e. The fraction of sp³-hybridized carbons (Fsp3) is 0.571. The van der Waals surface area contributed by atoms with Gasteiger partial charge in [-0.05, 0) is 42.6 Å². The van der Waals surface area contributed by atoms with Gasteiger partial charge in [0.25, 0.3) is 0 Å². The summed E-state index contributed by atoms with van der Waals surface area (Å²) in [5.41, 5.74) is 2.22. The zero-order valence-electron chi connectivity index (χ0n) is 8.71. The Kier molecular flexibility index (Phi) is 1.90. The molecule has 0 radical (unpaired) electrons. The Bertz CT molecular complexity index is 302. The molecule has 0 nitrogen and oxygen atoms in total. The summed E-state index contributed by atoms with van der Waals surface area (Å²) in [7, 11) is 0. The van der Waals surface area contributed by atoms with E-state index < -0.39 is 0 Å². The minimum atomic E-state index is 0.598. The van der Waals surface area contributed by atoms with Crippen molar-refractivity contribution in [3.05, 3.63) is 35.9 Å². The van der Waals surface area contributed by atoms with Crippen molar-refractivity contribution in [2.75, 3.05) is 0 Å². The van der Waals surface area contributed by atoms with Crippen LogP contribution in [0.1, 0.15) is 44.1 Å². The van der Waals surface area contributed by atoms with E-state index in [1.54, 1.807) is 5.56 Å². The predicted molar refractivity (Wildman–Crippen MR) is 59.3 cm³/mol. The van der Waals surface area contributed by atoms with Gasteiger partial charge in [-0.2, -0.15) is 0 Å². The van der Waals surface area contributed by atoms with Crippen molar-refractivity contribution < 1.29 is 0 Å². The van der Waals surface area contributed by atoms with Crippen molar-refractivity contribution in [3.8, 4) is 0 Å². The molecule has 0 saturated heterocycles. The molecule has 0 atom stereocenters. The highest BCUT2D eigenvalue weighted by atomic mass is 14.5. The summed E-state index contributed by atoms with van der Waals surface area (Å²) in [4.78, 5) is 0. The fourth-order valence-corrected chi connectivity index (χ4v) is 3.85. The van der Waals surface area contributed by atoms with E-state index in [1.165, 1.54) is 38.5 Å². The Labute approximate surface area is 86.3 Å². The van der Waals surface area contributed by atoms with Crippen LogP contribution >= 0.6 is 0 Å². The van der Waals surface area contributed by atoms with Crippen molar-refractivity contribution in [2.45, 2.75) is 43.9 Å². The summed E-state index contributed by atoms with van der Waals surface area (Å²) in [6, 6.07) is 11.3. The lowest BCUT2D eigenvalue weighted by Crippen LogP contribution is -2.24. The Morgan fingerprint density at radius 2 is 1.57 bits per heavy atom. The maximum Gasteiger partial charge on any atom is -0.00187 e. The highest BCUT2D eigenvalue weighted by Crippen LogP contribution is 2.55. The van der Waals surface area contributed by atoms with Gasteiger partial charge >= 0.3 is 0 Å². The zero-order chi connectivity index (χ0) is 9.43. The van der Waals surface area contributed by atoms with Crippen LogP contribution in [-0.2, 0) is 5.41 Å². The maximum atomic E-state index is 2.35. The number of hydrogen-bond donors (Lipinski definition) is 0. The van der Waals surface area contributed by atoms with Crippen LogP contribution in [0.4, 0.5) is 0 Å². The first-order valence-electron chi connectivity index (χ1n) is 5.97. The van der Waals surface area contributed by atoms with Gasteiger partial charge < -0.3 is 0 Å². The van der Waals surface area contributed by atoms with E-state index in [4.69, 9.17) is 0 Å². The first kappa shape index (κ1) is 8.52. The van der Waals surface area contributed by atoms with E-state index in [0.29, 0.717) is 5.41 Å². The first-order chi connectivity index (χ1) is 6.92. The number of fused-ring (bicyclic) bond motifs is 1. The molecule has 2 aliphatic carbocycles. The summed E-state index contributed by atoms with van der Waals surface area (Å²) in [5.74, 6) is 1.00. The molecule has 1 aromatic carbocycles. The second kappa shape index (κ2) is 3.12. The molecule has 14 heavy (non-hydrogen) atoms. The molecular formula is C14H18. The molecular weight excluding hydrogens is 168 g/mol. The molecule has 0 aliphatic heterocycles. The first-order valence-corrected chi connectivity index (χ1v) is 5.97. The molecule has 0 aromatic heterocycles. The van der Waals surface area contributed by atoms with Crippen LogP contribution in [0.3, 0.4) is 0 Å². The molecule has 0 bridgehead atoms. The monoisotopic (exact) mass is 186 g/mol. The zero-order valence-corrected chi connectivity index (χ0v) is 8.71. The molecule has 0 N–H and O–H groups in total. The van der Waals surface area contributed by atoms with Gasteiger partial charge in [0, 0.05) is 0 Å². The van der Waals surface area contributed by atoms with Crippen LogP contribution in [0.25, 0.3) is 0 Å². The van der Waals surface area contributed by atoms with Crippen LogP contribution < -0.4 is 0 Å². The molecule has 2 aliphatic rings. The Morgan fingerprint density at radius 1 is 0.929 bits per heavy atom. The van der Waals surface area contributed by atoms with E-state index in [9.17, 15) is 0 Å². The summed E-state index contributed by atoms with van der Waals surface area (Å²) in [6.45, 7) is 0. The summed E-state index contributed by atoms with van der Waals surface area (Å²) in [6.07, 6.45) is 8.77. The molecule has 1 aromatic rings. The standard InChI is InChI=1S/C14H18/c1-2-6-12(7-3-1)14-10-4-8-13(14)9-5-11-14/h1-3,6-7,13H,4-5,8-11H2. The highest BCUT2D eigenvalue weighted by molar-refractivity contribution is 5.29. The van der Waals surface area contributed by atoms with Crippen molar-refractivity contribution in [1.29, 1.82) is 0 Å². The van der Waals surface area contributed by atoms with Crippen molar-refractivity contribution >= 4 is 0 Å². The van der Waals surface area contributed by atoms with E-state index in [0.717, 1.165) is 5.92 Å². The van der Waals surface area contributed by atoms with Gasteiger partial charge in [-0.1, -0.05) is 43.2 Å². The second-order valence-electron chi connectivity index (χ2n) is 5.00. The normalized spacial score (nSPS) is 35.9. The van der Waals surface area contributed by atoms with Crippen molar-refractivity contribution in [2.24, 2.45) is 5.92 Å². The van der Waals surface area contributed by atoms with Crippen LogP contribution in [0.2, 0.25) is 0 Å². The largest absolute Gasteiger partial charge is 0.0622 e. The van der Waals surface area contributed by atoms with Crippen molar-refractivity contribution in [3.63, 3.8) is 0 Å². The van der Waals surface area contributed by atoms with E-state index in [2.05, 4.69) is 30.3 Å². The third kappa shape index (κ3) is 1.06. The van der Waals surface area contributed by atoms with Gasteiger partial charge in [-0.25, -0.2) is 0 Å². The van der Waals surface area contributed by atoms with Gasteiger partial charge in [0.1, 0.15) is 0 Å². The SMILES string of the molecule is c1ccc(C23CCCC2CCC3)cc1. The lowest BCUT2D eigenvalue weighted by atomic mass is 9.74. The molecule has 74 valence electrons. The molecule has 0 heterocycles. The Morgan fingerprint density at radius 3 is 2.21 bits per heavy atom. The second-order valence-corrected chi connectivity index (χ2v) is 5.00. The highest BCUT2D eigenvalue weighted by Gasteiger charge is 2.46. The van der Waals surface area contributed by atoms with Gasteiger partial charge in [0.2, 0.25) is 0 Å². The predicted octanol–water partition coefficient (Wildman–Crippen LogP) is 3.91. The molecule has 2 fully saturated rings. The quantitative estimate of drug-likeness (QED) is 0.624. The average Bonchev–Trinajstić information content (AvgIpc) is 2.77. The van der Waals surface area contributed by atoms with Gasteiger partial charge in [0.15, 0.2) is 0 Å². The Balaban J connectivity index is 2.03. The van der Waals surface area contributed by atoms with Gasteiger partial charge in [0.05, 0.1) is 0 Å². The summed E-state index contributed by atoms with van der Waals surface area (Å²) in [5, 5.41) is 0. The van der Waals surface area contributed by atoms with Crippen LogP contribution in [0.5, 0.6) is 0 Å². The summed E-state index contributed by atoms with van der Waals surface area (Å²) < 4.78 is 0. The van der Waals surface area contributed by atoms with Crippen LogP contribution in [-0.4, -0.2) is 0 Å². The number of hydrogen-bond acceptors (Lipinski definition) is 0. The molecule has 3 rings (SSSR count). The van der Waals surface area contributed by atoms with E-state index in [1.807, 2.05) is 0 Å². The van der Waals surface area contributed by atoms with Crippen LogP contribution in [0, 0.1) is 5.92 Å². The van der Waals surface area contributed by atoms with Crippen LogP contribution in [0.15, 0.2) is 30.3 Å². The number of rotatable bonds is 1. The molecule has 0 unspecified atom stereocenters. The fourth-order valence-electron chi connectivity index (χ4n) is 3.85. The van der Waals surface area contributed by atoms with Gasteiger partial charge in [-0.15, -0.1) is 0 Å². The topological polar surface area (TPSA) is 0 Å². The molecule has 2 saturated carbocycles. The summed E-state index contributed by atoms with van der Waals surface area (Å²) >= 11 is 0. The van der Waals surface area contributed by atoms with E-state index >= 15 is 0 Å². The lowest BCUT2D eigenvalue weighted by molar-refractivity contribution is 0.369. The number of benzene rings is 1. The van der Waals surface area contributed by atoms with E-state index in [-0.39, 0.29) is 0 Å². The molecule has 0 amide bonds.